The molecule has 2 aromatic heterocycles. The number of aromatic nitrogens is 2. The van der Waals surface area contributed by atoms with Gasteiger partial charge in [-0.15, -0.1) is 0 Å². The number of aromatic hydroxyl groups is 2. The number of Topliss-reactive ketones (excluding diaryl/α,β-unsaturated/α-hetero) is 2. The Morgan fingerprint density at radius 2 is 1.58 bits per heavy atom. The van der Waals surface area contributed by atoms with Gasteiger partial charge in [-0.3, -0.25) is 9.59 Å². The maximum atomic E-state index is 16.0. The van der Waals surface area contributed by atoms with Crippen LogP contribution in [0.25, 0.3) is 12.2 Å². The lowest BCUT2D eigenvalue weighted by molar-refractivity contribution is -0.135. The van der Waals surface area contributed by atoms with Crippen molar-refractivity contribution in [1.82, 2.24) is 9.97 Å². The Bertz CT molecular complexity index is 3150. The minimum atomic E-state index is -1.11. The first-order chi connectivity index (χ1) is 36.2. The number of phenols is 2. The van der Waals surface area contributed by atoms with Crippen molar-refractivity contribution >= 4 is 29.5 Å². The summed E-state index contributed by atoms with van der Waals surface area (Å²) in [5.41, 5.74) is 11.3. The molecule has 5 aliphatic rings. The van der Waals surface area contributed by atoms with E-state index in [9.17, 15) is 25.2 Å². The number of aromatic amines is 2. The molecule has 3 aliphatic carbocycles. The molecule has 10 heteroatoms. The van der Waals surface area contributed by atoms with E-state index in [4.69, 9.17) is 4.74 Å². The van der Waals surface area contributed by atoms with Crippen LogP contribution in [0.2, 0.25) is 0 Å². The van der Waals surface area contributed by atoms with Crippen molar-refractivity contribution in [2.75, 3.05) is 11.9 Å². The van der Waals surface area contributed by atoms with Gasteiger partial charge in [0.15, 0.2) is 17.3 Å². The van der Waals surface area contributed by atoms with E-state index in [1.54, 1.807) is 6.07 Å². The van der Waals surface area contributed by atoms with Crippen molar-refractivity contribution in [3.05, 3.63) is 176 Å². The number of ketones is 2. The predicted octanol–water partition coefficient (Wildman–Crippen LogP) is 11.1. The molecule has 6 aromatic rings. The number of nitrogens with one attached hydrogen (secondary N) is 3. The minimum Gasteiger partial charge on any atom is -0.507 e. The van der Waals surface area contributed by atoms with E-state index in [0.717, 1.165) is 107 Å². The molecule has 7 N–H and O–H groups in total. The second-order valence-corrected chi connectivity index (χ2v) is 21.4. The summed E-state index contributed by atoms with van der Waals surface area (Å²) >= 11 is 0. The molecular formula is C64H67N3O7. The van der Waals surface area contributed by atoms with Gasteiger partial charge < -0.3 is 40.4 Å². The number of carbonyl (C=O) groups excluding carboxylic acids is 2. The quantitative estimate of drug-likeness (QED) is 0.0555. The number of aryl methyl sites for hydroxylation is 3. The number of anilines is 1. The highest BCUT2D eigenvalue weighted by Gasteiger charge is 2.44. The fourth-order valence-electron chi connectivity index (χ4n) is 12.8. The molecule has 7 atom stereocenters. The lowest BCUT2D eigenvalue weighted by Crippen LogP contribution is -2.41. The summed E-state index contributed by atoms with van der Waals surface area (Å²) in [6, 6.07) is 29.8. The van der Waals surface area contributed by atoms with Gasteiger partial charge in [0.05, 0.1) is 18.1 Å². The van der Waals surface area contributed by atoms with E-state index in [-0.39, 0.29) is 72.8 Å². The van der Waals surface area contributed by atoms with Gasteiger partial charge in [0, 0.05) is 79.3 Å². The summed E-state index contributed by atoms with van der Waals surface area (Å²) in [7, 11) is 0. The first-order valence-electron chi connectivity index (χ1n) is 27.0. The van der Waals surface area contributed by atoms with Gasteiger partial charge in [-0.2, -0.15) is 0 Å². The van der Waals surface area contributed by atoms with Crippen LogP contribution < -0.4 is 10.1 Å². The molecule has 11 rings (SSSR count). The molecule has 1 fully saturated rings. The first kappa shape index (κ1) is 49.2. The molecule has 74 heavy (non-hydrogen) atoms. The van der Waals surface area contributed by atoms with Crippen LogP contribution in [0.15, 0.2) is 115 Å². The standard InChI is InChI=1S/C64H67N3O7/c68-31-28-52-59(71)25-20-42-34-46(62(72)60(36-42)74-47-11-4-5-12-47)33-41-19-22-48-45(32-41)37-44-26-29-66-64(44)67-55(13-7-15-58(70)51(48)24-17-39-8-2-1-3-9-39)54-38-56-50(27-30-65-56)53(61(54)63(52)73)35-40-16-21-43-10-6-14-57(69)49(43)23-18-40/h1-3,6,8-10,14,18-19,22-23,26-27,29-30,32,34,36,38,40,47,51-53,55,58,61,65-70,72H,4-5,11-12,15-17,20-21,24-25,28,31,33,35,37H2. The first-order valence-corrected chi connectivity index (χ1v) is 27.0. The monoisotopic (exact) mass is 989 g/mol. The molecule has 4 aromatic carbocycles. The third kappa shape index (κ3) is 10.4. The number of rotatable bonds is 9. The Labute approximate surface area is 434 Å². The zero-order valence-corrected chi connectivity index (χ0v) is 42.0. The van der Waals surface area contributed by atoms with Gasteiger partial charge in [0.2, 0.25) is 0 Å². The topological polar surface area (TPSA) is 168 Å². The second-order valence-electron chi connectivity index (χ2n) is 21.4. The van der Waals surface area contributed by atoms with Crippen LogP contribution in [0.1, 0.15) is 137 Å². The van der Waals surface area contributed by atoms with Crippen molar-refractivity contribution in [3.8, 4) is 29.1 Å². The predicted molar refractivity (Wildman–Crippen MR) is 289 cm³/mol. The van der Waals surface area contributed by atoms with Crippen LogP contribution in [0.3, 0.4) is 0 Å². The van der Waals surface area contributed by atoms with Crippen LogP contribution in [-0.2, 0) is 41.7 Å². The number of aliphatic hydroxyl groups excluding tert-OH is 2. The summed E-state index contributed by atoms with van der Waals surface area (Å²) in [5, 5.41) is 49.9. The third-order valence-corrected chi connectivity index (χ3v) is 16.7. The molecule has 380 valence electrons. The van der Waals surface area contributed by atoms with E-state index in [1.807, 2.05) is 67.0 Å². The van der Waals surface area contributed by atoms with Gasteiger partial charge in [0.1, 0.15) is 23.4 Å². The molecule has 0 radical (unpaired) electrons. The Morgan fingerprint density at radius 1 is 0.743 bits per heavy atom. The molecule has 1 saturated carbocycles. The van der Waals surface area contributed by atoms with Gasteiger partial charge >= 0.3 is 0 Å². The van der Waals surface area contributed by atoms with Crippen LogP contribution in [0, 0.1) is 29.6 Å². The lowest BCUT2D eigenvalue weighted by Gasteiger charge is -2.37. The fraction of sp³-hybridized carbons (Fsp3) is 0.375. The lowest BCUT2D eigenvalue weighted by atomic mass is 9.66. The SMILES string of the molecule is O=C1CCc2cc(c(O)c(OC3CCCC3)c2)Cc2ccc3c(c2)Cc2cc[nH]c2NC(C#CCC(O)C3CCc2ccccc2)C2=Cc3[nH]ccc3C(CC3C=Cc4c(O)cccc4CC3)C2C(=O)C1CCO. The number of carbonyl (C=O) groups is 2. The van der Waals surface area contributed by atoms with E-state index in [1.165, 1.54) is 5.56 Å². The molecule has 0 spiro atoms. The largest absolute Gasteiger partial charge is 0.507 e. The number of fused-ring (bicyclic) bond motifs is 8. The van der Waals surface area contributed by atoms with E-state index in [0.29, 0.717) is 43.4 Å². The van der Waals surface area contributed by atoms with Crippen molar-refractivity contribution in [1.29, 1.82) is 0 Å². The average molecular weight is 990 g/mol. The molecule has 0 amide bonds. The van der Waals surface area contributed by atoms with Crippen molar-refractivity contribution < 1.29 is 34.8 Å². The van der Waals surface area contributed by atoms with Gasteiger partial charge in [0.25, 0.3) is 0 Å². The number of hydrogen-bond acceptors (Lipinski definition) is 8. The third-order valence-electron chi connectivity index (χ3n) is 16.7. The molecule has 7 unspecified atom stereocenters. The molecule has 2 aliphatic heterocycles. The van der Waals surface area contributed by atoms with Crippen LogP contribution in [0.5, 0.6) is 17.2 Å². The number of allylic oxidation sites excluding steroid dienone is 1. The molecule has 5 bridgehead atoms. The summed E-state index contributed by atoms with van der Waals surface area (Å²) < 4.78 is 6.56. The summed E-state index contributed by atoms with van der Waals surface area (Å²) in [6.07, 6.45) is 18.2. The van der Waals surface area contributed by atoms with Crippen LogP contribution >= 0.6 is 0 Å². The summed E-state index contributed by atoms with van der Waals surface area (Å²) in [5.74, 6) is 5.46. The Morgan fingerprint density at radius 3 is 2.43 bits per heavy atom. The summed E-state index contributed by atoms with van der Waals surface area (Å²) in [6.45, 7) is -0.346. The molecule has 4 heterocycles. The van der Waals surface area contributed by atoms with Gasteiger partial charge in [-0.05, 0) is 157 Å². The molecule has 0 saturated heterocycles. The van der Waals surface area contributed by atoms with Gasteiger partial charge in [-0.25, -0.2) is 0 Å². The molecular weight excluding hydrogens is 923 g/mol. The Hall–Kier alpha value is -7.06. The van der Waals surface area contributed by atoms with Crippen molar-refractivity contribution in [3.63, 3.8) is 0 Å². The molecule has 10 nitrogen and oxygen atoms in total. The maximum Gasteiger partial charge on any atom is 0.161 e. The van der Waals surface area contributed by atoms with Crippen LogP contribution in [-0.4, -0.2) is 66.8 Å². The average Bonchev–Trinajstić information content (AvgIpc) is 4.18. The Balaban J connectivity index is 1.07. The number of ether oxygens (including phenoxy) is 1. The van der Waals surface area contributed by atoms with Crippen molar-refractivity contribution in [2.45, 2.75) is 126 Å². The maximum absolute atomic E-state index is 16.0. The minimum absolute atomic E-state index is 0.0152. The number of aliphatic hydroxyl groups is 2. The Kier molecular flexibility index (Phi) is 14.5. The van der Waals surface area contributed by atoms with E-state index < -0.39 is 24.0 Å². The highest BCUT2D eigenvalue weighted by molar-refractivity contribution is 6.05. The number of benzene rings is 4. The zero-order valence-electron chi connectivity index (χ0n) is 42.0. The second kappa shape index (κ2) is 21.8. The van der Waals surface area contributed by atoms with Gasteiger partial charge in [-0.1, -0.05) is 90.7 Å². The van der Waals surface area contributed by atoms with E-state index >= 15 is 4.79 Å². The highest BCUT2D eigenvalue weighted by Crippen LogP contribution is 2.48. The van der Waals surface area contributed by atoms with E-state index in [2.05, 4.69) is 75.7 Å². The van der Waals surface area contributed by atoms with Crippen LogP contribution in [0.4, 0.5) is 5.82 Å². The normalized spacial score (nSPS) is 23.9. The number of hydrogen-bond donors (Lipinski definition) is 7. The van der Waals surface area contributed by atoms with Crippen molar-refractivity contribution in [2.24, 2.45) is 17.8 Å². The summed E-state index contributed by atoms with van der Waals surface area (Å²) in [4.78, 5) is 37.9. The number of H-pyrrole nitrogens is 2. The zero-order chi connectivity index (χ0) is 50.7. The highest BCUT2D eigenvalue weighted by atomic mass is 16.5. The smallest absolute Gasteiger partial charge is 0.161 e. The fourth-order valence-corrected chi connectivity index (χ4v) is 12.8. The number of phenolic OH excluding ortho intramolecular Hbond substituents is 2.